The number of hydrogen-bond donors (Lipinski definition) is 1. The third kappa shape index (κ3) is 1.95. The molecule has 0 amide bonds. The van der Waals surface area contributed by atoms with E-state index in [1.807, 2.05) is 18.2 Å². The predicted molar refractivity (Wildman–Crippen MR) is 96.6 cm³/mol. The van der Waals surface area contributed by atoms with Crippen molar-refractivity contribution in [2.75, 3.05) is 5.32 Å². The van der Waals surface area contributed by atoms with E-state index in [1.165, 1.54) is 16.0 Å². The second kappa shape index (κ2) is 4.80. The van der Waals surface area contributed by atoms with Gasteiger partial charge in [-0.05, 0) is 32.0 Å². The minimum absolute atomic E-state index is 0.123. The van der Waals surface area contributed by atoms with Crippen molar-refractivity contribution in [3.8, 4) is 16.8 Å². The van der Waals surface area contributed by atoms with Gasteiger partial charge in [-0.3, -0.25) is 3.96 Å². The van der Waals surface area contributed by atoms with Crippen molar-refractivity contribution in [1.29, 1.82) is 0 Å². The highest BCUT2D eigenvalue weighted by Gasteiger charge is 2.34. The fourth-order valence-electron chi connectivity index (χ4n) is 2.98. The lowest BCUT2D eigenvalue weighted by atomic mass is 9.90. The number of benzene rings is 2. The van der Waals surface area contributed by atoms with Crippen LogP contribution in [0, 0.1) is 4.64 Å². The molecule has 1 aromatic heterocycles. The molecule has 0 spiro atoms. The van der Waals surface area contributed by atoms with Crippen LogP contribution in [0.3, 0.4) is 0 Å². The highest BCUT2D eigenvalue weighted by Crippen LogP contribution is 2.47. The summed E-state index contributed by atoms with van der Waals surface area (Å²) in [6.07, 6.45) is 0. The Morgan fingerprint density at radius 3 is 2.45 bits per heavy atom. The molecule has 2 heterocycles. The molecule has 0 radical (unpaired) electrons. The summed E-state index contributed by atoms with van der Waals surface area (Å²) in [4.78, 5) is 1.29. The number of para-hydroxylation sites is 2. The van der Waals surface area contributed by atoms with Crippen LogP contribution in [0.4, 0.5) is 5.69 Å². The first-order valence-corrected chi connectivity index (χ1v) is 8.46. The molecule has 0 bridgehead atoms. The first kappa shape index (κ1) is 13.7. The number of nitrogens with zero attached hydrogens (tertiary/aromatic N) is 1. The van der Waals surface area contributed by atoms with Crippen molar-refractivity contribution < 1.29 is 0 Å². The van der Waals surface area contributed by atoms with Gasteiger partial charge in [0.1, 0.15) is 4.64 Å². The van der Waals surface area contributed by atoms with Gasteiger partial charge in [-0.2, -0.15) is 0 Å². The van der Waals surface area contributed by atoms with Crippen LogP contribution in [-0.2, 0) is 5.54 Å². The maximum Gasteiger partial charge on any atom is 0.129 e. The Labute approximate surface area is 139 Å². The van der Waals surface area contributed by atoms with E-state index in [0.29, 0.717) is 0 Å². The number of hydrogen-bond acceptors (Lipinski definition) is 3. The normalized spacial score (nSPS) is 14.8. The molecular weight excluding hydrogens is 308 g/mol. The number of fused-ring (bicyclic) bond motifs is 3. The summed E-state index contributed by atoms with van der Waals surface area (Å²) in [6.45, 7) is 4.42. The van der Waals surface area contributed by atoms with Crippen molar-refractivity contribution >= 4 is 29.4 Å². The fraction of sp³-hybridized carbons (Fsp3) is 0.167. The molecule has 0 fully saturated rings. The van der Waals surface area contributed by atoms with Gasteiger partial charge < -0.3 is 5.32 Å². The minimum Gasteiger partial charge on any atom is -0.375 e. The topological polar surface area (TPSA) is 17.0 Å². The Morgan fingerprint density at radius 2 is 1.68 bits per heavy atom. The highest BCUT2D eigenvalue weighted by molar-refractivity contribution is 7.71. The van der Waals surface area contributed by atoms with Crippen LogP contribution in [-0.4, -0.2) is 3.96 Å². The summed E-state index contributed by atoms with van der Waals surface area (Å²) in [6, 6.07) is 18.7. The smallest absolute Gasteiger partial charge is 0.129 e. The van der Waals surface area contributed by atoms with Gasteiger partial charge >= 0.3 is 0 Å². The maximum absolute atomic E-state index is 5.82. The molecule has 3 aromatic rings. The van der Waals surface area contributed by atoms with Crippen LogP contribution in [0.1, 0.15) is 18.7 Å². The SMILES string of the molecule is CC1(C)Nc2ccccc2-c2c1sn(-c1ccccc1)c2=S. The molecule has 1 aliphatic rings. The van der Waals surface area contributed by atoms with E-state index < -0.39 is 0 Å². The van der Waals surface area contributed by atoms with Crippen molar-refractivity contribution in [2.45, 2.75) is 19.4 Å². The van der Waals surface area contributed by atoms with Gasteiger partial charge in [0.25, 0.3) is 0 Å². The maximum atomic E-state index is 5.82. The molecule has 0 aliphatic carbocycles. The Balaban J connectivity index is 2.04. The lowest BCUT2D eigenvalue weighted by molar-refractivity contribution is 0.620. The van der Waals surface area contributed by atoms with E-state index in [4.69, 9.17) is 12.2 Å². The molecule has 0 unspecified atom stereocenters. The molecule has 0 saturated carbocycles. The van der Waals surface area contributed by atoms with Crippen LogP contribution in [0.25, 0.3) is 16.8 Å². The van der Waals surface area contributed by atoms with Crippen molar-refractivity contribution in [3.05, 3.63) is 64.1 Å². The summed E-state index contributed by atoms with van der Waals surface area (Å²) >= 11 is 7.55. The molecule has 0 saturated heterocycles. The van der Waals surface area contributed by atoms with E-state index in [2.05, 4.69) is 59.5 Å². The molecule has 110 valence electrons. The Hall–Kier alpha value is -1.91. The van der Waals surface area contributed by atoms with E-state index in [0.717, 1.165) is 16.0 Å². The summed E-state index contributed by atoms with van der Waals surface area (Å²) in [7, 11) is 0. The number of nitrogens with one attached hydrogen (secondary N) is 1. The molecule has 2 aromatic carbocycles. The van der Waals surface area contributed by atoms with Crippen LogP contribution in [0.2, 0.25) is 0 Å². The minimum atomic E-state index is -0.123. The second-order valence-corrected chi connectivity index (χ2v) is 7.37. The molecule has 2 nitrogen and oxygen atoms in total. The van der Waals surface area contributed by atoms with E-state index in [1.54, 1.807) is 11.5 Å². The molecule has 0 atom stereocenters. The first-order chi connectivity index (χ1) is 10.6. The van der Waals surface area contributed by atoms with Gasteiger partial charge in [-0.25, -0.2) is 0 Å². The standard InChI is InChI=1S/C18H16N2S2/c1-18(2)16-15(13-10-6-7-11-14(13)19-18)17(21)20(22-16)12-8-4-3-5-9-12/h3-11,19H,1-2H3. The van der Waals surface area contributed by atoms with Gasteiger partial charge in [-0.1, -0.05) is 60.1 Å². The van der Waals surface area contributed by atoms with Crippen molar-refractivity contribution in [3.63, 3.8) is 0 Å². The quantitative estimate of drug-likeness (QED) is 0.587. The van der Waals surface area contributed by atoms with Crippen LogP contribution < -0.4 is 5.32 Å². The van der Waals surface area contributed by atoms with E-state index >= 15 is 0 Å². The average molecular weight is 324 g/mol. The van der Waals surface area contributed by atoms with Crippen molar-refractivity contribution in [1.82, 2.24) is 3.96 Å². The summed E-state index contributed by atoms with van der Waals surface area (Å²) < 4.78 is 3.05. The predicted octanol–water partition coefficient (Wildman–Crippen LogP) is 5.60. The third-order valence-corrected chi connectivity index (χ3v) is 5.99. The largest absolute Gasteiger partial charge is 0.375 e. The summed E-state index contributed by atoms with van der Waals surface area (Å²) in [5.74, 6) is 0. The Bertz CT molecular complexity index is 904. The second-order valence-electron chi connectivity index (χ2n) is 6.03. The third-order valence-electron chi connectivity index (χ3n) is 4.01. The van der Waals surface area contributed by atoms with Gasteiger partial charge in [0, 0.05) is 16.8 Å². The van der Waals surface area contributed by atoms with Gasteiger partial charge in [0.15, 0.2) is 0 Å². The van der Waals surface area contributed by atoms with Crippen LogP contribution in [0.5, 0.6) is 0 Å². The van der Waals surface area contributed by atoms with E-state index in [-0.39, 0.29) is 5.54 Å². The molecule has 1 aliphatic heterocycles. The Kier molecular flexibility index (Phi) is 2.99. The molecule has 4 heteroatoms. The number of rotatable bonds is 1. The lowest BCUT2D eigenvalue weighted by Gasteiger charge is -2.33. The van der Waals surface area contributed by atoms with Gasteiger partial charge in [0.05, 0.1) is 16.1 Å². The zero-order valence-corrected chi connectivity index (χ0v) is 14.1. The van der Waals surface area contributed by atoms with Gasteiger partial charge in [-0.15, -0.1) is 0 Å². The average Bonchev–Trinajstić information content (AvgIpc) is 2.87. The van der Waals surface area contributed by atoms with Crippen LogP contribution in [0.15, 0.2) is 54.6 Å². The highest BCUT2D eigenvalue weighted by atomic mass is 32.1. The summed E-state index contributed by atoms with van der Waals surface area (Å²) in [5, 5.41) is 3.64. The zero-order chi connectivity index (χ0) is 15.3. The Morgan fingerprint density at radius 1 is 1.00 bits per heavy atom. The van der Waals surface area contributed by atoms with Gasteiger partial charge in [0.2, 0.25) is 0 Å². The molecule has 4 rings (SSSR count). The van der Waals surface area contributed by atoms with E-state index in [9.17, 15) is 0 Å². The zero-order valence-electron chi connectivity index (χ0n) is 12.5. The fourth-order valence-corrected chi connectivity index (χ4v) is 4.63. The summed E-state index contributed by atoms with van der Waals surface area (Å²) in [5.41, 5.74) is 4.56. The number of aromatic nitrogens is 1. The monoisotopic (exact) mass is 324 g/mol. The molecule has 1 N–H and O–H groups in total. The lowest BCUT2D eigenvalue weighted by Crippen LogP contribution is -2.30. The number of anilines is 1. The first-order valence-electron chi connectivity index (χ1n) is 7.28. The molecular formula is C18H16N2S2. The molecule has 22 heavy (non-hydrogen) atoms. The van der Waals surface area contributed by atoms with Crippen LogP contribution >= 0.6 is 23.8 Å². The van der Waals surface area contributed by atoms with Crippen molar-refractivity contribution in [2.24, 2.45) is 0 Å².